The Balaban J connectivity index is 2.82. The first-order valence-corrected chi connectivity index (χ1v) is 3.87. The van der Waals surface area contributed by atoms with Gasteiger partial charge in [0.15, 0.2) is 0 Å². The number of nitrogens with two attached hydrogens (primary N) is 2. The molecule has 2 atom stereocenters. The number of benzene rings is 1. The van der Waals surface area contributed by atoms with Crippen molar-refractivity contribution in [2.45, 2.75) is 19.2 Å². The highest BCUT2D eigenvalue weighted by Gasteiger charge is 2.10. The zero-order valence-corrected chi connectivity index (χ0v) is 7.07. The van der Waals surface area contributed by atoms with Crippen molar-refractivity contribution in [3.63, 3.8) is 0 Å². The Morgan fingerprint density at radius 2 is 1.67 bits per heavy atom. The van der Waals surface area contributed by atoms with Crippen molar-refractivity contribution in [2.24, 2.45) is 11.5 Å². The number of hydrogen-bond acceptors (Lipinski definition) is 3. The molecule has 0 spiro atoms. The quantitative estimate of drug-likeness (QED) is 0.552. The van der Waals surface area contributed by atoms with Crippen LogP contribution in [0.5, 0.6) is 0 Å². The fraction of sp³-hybridized carbons (Fsp3) is 0.333. The van der Waals surface area contributed by atoms with Gasteiger partial charge in [0.1, 0.15) is 6.23 Å². The Morgan fingerprint density at radius 3 is 2.08 bits per heavy atom. The Bertz CT molecular complexity index is 243. The van der Waals surface area contributed by atoms with Crippen molar-refractivity contribution in [3.05, 3.63) is 35.4 Å². The van der Waals surface area contributed by atoms with E-state index in [-0.39, 0.29) is 0 Å². The largest absolute Gasteiger partial charge is 0.377 e. The topological polar surface area (TPSA) is 72.3 Å². The minimum atomic E-state index is -0.993. The number of aliphatic hydroxyl groups is 1. The predicted octanol–water partition coefficient (Wildman–Crippen LogP) is 0.272. The van der Waals surface area contributed by atoms with Crippen LogP contribution in [0.1, 0.15) is 17.2 Å². The van der Waals surface area contributed by atoms with E-state index in [1.54, 1.807) is 0 Å². The molecule has 0 aliphatic heterocycles. The van der Waals surface area contributed by atoms with E-state index in [0.29, 0.717) is 0 Å². The van der Waals surface area contributed by atoms with Crippen LogP contribution in [-0.2, 0) is 0 Å². The molecule has 0 aliphatic carbocycles. The number of rotatable bonds is 2. The molecular weight excluding hydrogens is 152 g/mol. The highest BCUT2D eigenvalue weighted by atomic mass is 16.3. The average Bonchev–Trinajstić information content (AvgIpc) is 2.04. The van der Waals surface area contributed by atoms with Crippen LogP contribution in [0, 0.1) is 6.92 Å². The molecule has 0 aromatic heterocycles. The number of hydrogen-bond donors (Lipinski definition) is 3. The van der Waals surface area contributed by atoms with Gasteiger partial charge in [0.05, 0.1) is 6.04 Å². The average molecular weight is 166 g/mol. The maximum Gasteiger partial charge on any atom is 0.121 e. The molecule has 0 saturated heterocycles. The van der Waals surface area contributed by atoms with Crippen LogP contribution in [0.15, 0.2) is 24.3 Å². The molecule has 3 nitrogen and oxygen atoms in total. The zero-order valence-electron chi connectivity index (χ0n) is 7.07. The number of aliphatic hydroxyl groups excluding tert-OH is 1. The molecule has 0 saturated carbocycles. The second-order valence-electron chi connectivity index (χ2n) is 2.93. The molecular formula is C9H14N2O. The van der Waals surface area contributed by atoms with Crippen LogP contribution in [0.2, 0.25) is 0 Å². The summed E-state index contributed by atoms with van der Waals surface area (Å²) in [5, 5.41) is 9.00. The lowest BCUT2D eigenvalue weighted by Gasteiger charge is -2.14. The Morgan fingerprint density at radius 1 is 1.17 bits per heavy atom. The van der Waals surface area contributed by atoms with Crippen molar-refractivity contribution in [1.82, 2.24) is 0 Å². The molecule has 0 fully saturated rings. The van der Waals surface area contributed by atoms with Gasteiger partial charge < -0.3 is 16.6 Å². The van der Waals surface area contributed by atoms with E-state index in [1.165, 1.54) is 0 Å². The second kappa shape index (κ2) is 3.67. The smallest absolute Gasteiger partial charge is 0.121 e. The minimum Gasteiger partial charge on any atom is -0.377 e. The summed E-state index contributed by atoms with van der Waals surface area (Å²) in [5.41, 5.74) is 12.9. The monoisotopic (exact) mass is 166 g/mol. The summed E-state index contributed by atoms with van der Waals surface area (Å²) in [6, 6.07) is 7.13. The first-order valence-electron chi connectivity index (χ1n) is 3.87. The molecule has 1 rings (SSSR count). The van der Waals surface area contributed by atoms with Gasteiger partial charge in [0.2, 0.25) is 0 Å². The van der Waals surface area contributed by atoms with Gasteiger partial charge in [-0.25, -0.2) is 0 Å². The summed E-state index contributed by atoms with van der Waals surface area (Å²) >= 11 is 0. The minimum absolute atomic E-state index is 0.495. The molecule has 12 heavy (non-hydrogen) atoms. The van der Waals surface area contributed by atoms with Crippen molar-refractivity contribution in [2.75, 3.05) is 0 Å². The predicted molar refractivity (Wildman–Crippen MR) is 48.3 cm³/mol. The molecule has 66 valence electrons. The van der Waals surface area contributed by atoms with Crippen molar-refractivity contribution < 1.29 is 5.11 Å². The van der Waals surface area contributed by atoms with E-state index in [1.807, 2.05) is 31.2 Å². The van der Waals surface area contributed by atoms with Crippen molar-refractivity contribution >= 4 is 0 Å². The van der Waals surface area contributed by atoms with E-state index >= 15 is 0 Å². The van der Waals surface area contributed by atoms with Crippen molar-refractivity contribution in [1.29, 1.82) is 0 Å². The van der Waals surface area contributed by atoms with Gasteiger partial charge >= 0.3 is 0 Å². The van der Waals surface area contributed by atoms with Gasteiger partial charge in [0, 0.05) is 0 Å². The lowest BCUT2D eigenvalue weighted by Crippen LogP contribution is -2.33. The van der Waals surface area contributed by atoms with E-state index < -0.39 is 12.3 Å². The summed E-state index contributed by atoms with van der Waals surface area (Å²) in [6.45, 7) is 1.99. The molecule has 0 aliphatic rings. The molecule has 0 radical (unpaired) electrons. The highest BCUT2D eigenvalue weighted by Crippen LogP contribution is 2.12. The third-order valence-electron chi connectivity index (χ3n) is 1.83. The lowest BCUT2D eigenvalue weighted by molar-refractivity contribution is 0.152. The first kappa shape index (κ1) is 9.19. The van der Waals surface area contributed by atoms with Crippen LogP contribution in [0.3, 0.4) is 0 Å². The summed E-state index contributed by atoms with van der Waals surface area (Å²) in [7, 11) is 0. The summed E-state index contributed by atoms with van der Waals surface area (Å²) < 4.78 is 0. The van der Waals surface area contributed by atoms with Crippen LogP contribution in [0.25, 0.3) is 0 Å². The number of aryl methyl sites for hydroxylation is 1. The van der Waals surface area contributed by atoms with Gasteiger partial charge in [-0.05, 0) is 12.5 Å². The molecule has 0 amide bonds. The van der Waals surface area contributed by atoms with E-state index in [0.717, 1.165) is 11.1 Å². The van der Waals surface area contributed by atoms with Crippen molar-refractivity contribution in [3.8, 4) is 0 Å². The Labute approximate surface area is 72.0 Å². The molecule has 3 heteroatoms. The summed E-state index contributed by atoms with van der Waals surface area (Å²) in [5.74, 6) is 0. The molecule has 1 aromatic carbocycles. The van der Waals surface area contributed by atoms with E-state index in [9.17, 15) is 0 Å². The zero-order chi connectivity index (χ0) is 9.14. The molecule has 0 bridgehead atoms. The fourth-order valence-electron chi connectivity index (χ4n) is 0.986. The maximum atomic E-state index is 9.00. The fourth-order valence-corrected chi connectivity index (χ4v) is 0.986. The van der Waals surface area contributed by atoms with Crippen LogP contribution in [0.4, 0.5) is 0 Å². The van der Waals surface area contributed by atoms with E-state index in [4.69, 9.17) is 16.6 Å². The normalized spacial score (nSPS) is 15.7. The molecule has 1 aromatic rings. The van der Waals surface area contributed by atoms with E-state index in [2.05, 4.69) is 0 Å². The van der Waals surface area contributed by atoms with Gasteiger partial charge in [-0.2, -0.15) is 0 Å². The van der Waals surface area contributed by atoms with Gasteiger partial charge in [-0.3, -0.25) is 0 Å². The SMILES string of the molecule is Cc1ccc(C(N)C(N)O)cc1. The second-order valence-corrected chi connectivity index (χ2v) is 2.93. The molecule has 5 N–H and O–H groups in total. The maximum absolute atomic E-state index is 9.00. The van der Waals surface area contributed by atoms with Crippen LogP contribution < -0.4 is 11.5 Å². The van der Waals surface area contributed by atoms with Gasteiger partial charge in [-0.1, -0.05) is 29.8 Å². The van der Waals surface area contributed by atoms with Crippen LogP contribution >= 0.6 is 0 Å². The lowest BCUT2D eigenvalue weighted by atomic mass is 10.1. The summed E-state index contributed by atoms with van der Waals surface area (Å²) in [4.78, 5) is 0. The van der Waals surface area contributed by atoms with Gasteiger partial charge in [0.25, 0.3) is 0 Å². The Kier molecular flexibility index (Phi) is 2.81. The third kappa shape index (κ3) is 2.04. The van der Waals surface area contributed by atoms with Crippen LogP contribution in [-0.4, -0.2) is 11.3 Å². The first-order chi connectivity index (χ1) is 5.61. The molecule has 0 heterocycles. The third-order valence-corrected chi connectivity index (χ3v) is 1.83. The highest BCUT2D eigenvalue weighted by molar-refractivity contribution is 5.24. The standard InChI is InChI=1S/C9H14N2O/c1-6-2-4-7(5-3-6)8(10)9(11)12/h2-5,8-9,12H,10-11H2,1H3. The van der Waals surface area contributed by atoms with Gasteiger partial charge in [-0.15, -0.1) is 0 Å². The molecule has 2 unspecified atom stereocenters. The summed E-state index contributed by atoms with van der Waals surface area (Å²) in [6.07, 6.45) is -0.993. The Hall–Kier alpha value is -0.900.